The molecule has 0 unspecified atom stereocenters. The summed E-state index contributed by atoms with van der Waals surface area (Å²) < 4.78 is 5.23. The van der Waals surface area contributed by atoms with Gasteiger partial charge in [0.25, 0.3) is 5.56 Å². The third-order valence-corrected chi connectivity index (χ3v) is 3.82. The Hall–Kier alpha value is -2.69. The van der Waals surface area contributed by atoms with E-state index in [1.54, 1.807) is 7.11 Å². The molecule has 21 heavy (non-hydrogen) atoms. The van der Waals surface area contributed by atoms with Gasteiger partial charge < -0.3 is 9.72 Å². The lowest BCUT2D eigenvalue weighted by Crippen LogP contribution is -2.33. The zero-order valence-electron chi connectivity index (χ0n) is 11.6. The summed E-state index contributed by atoms with van der Waals surface area (Å²) in [5.41, 5.74) is 3.15. The van der Waals surface area contributed by atoms with Crippen molar-refractivity contribution in [1.82, 2.24) is 15.2 Å². The van der Waals surface area contributed by atoms with Crippen molar-refractivity contribution >= 4 is 22.6 Å². The van der Waals surface area contributed by atoms with E-state index in [1.807, 2.05) is 30.3 Å². The highest BCUT2D eigenvalue weighted by molar-refractivity contribution is 5.84. The monoisotopic (exact) mass is 281 g/mol. The van der Waals surface area contributed by atoms with Crippen molar-refractivity contribution in [3.63, 3.8) is 0 Å². The maximum Gasteiger partial charge on any atom is 0.271 e. The van der Waals surface area contributed by atoms with Gasteiger partial charge in [0.05, 0.1) is 17.7 Å². The molecule has 0 radical (unpaired) electrons. The molecular weight excluding hydrogens is 266 g/mol. The number of ether oxygens (including phenoxy) is 1. The molecule has 1 fully saturated rings. The molecule has 106 valence electrons. The number of methoxy groups -OCH3 is 1. The van der Waals surface area contributed by atoms with Crippen molar-refractivity contribution < 1.29 is 4.74 Å². The lowest BCUT2D eigenvalue weighted by atomic mass is 10.2. The van der Waals surface area contributed by atoms with Gasteiger partial charge in [0, 0.05) is 16.6 Å². The zero-order chi connectivity index (χ0) is 14.4. The Morgan fingerprint density at radius 1 is 1.19 bits per heavy atom. The van der Waals surface area contributed by atoms with Crippen LogP contribution in [0.15, 0.2) is 29.1 Å². The molecule has 1 saturated carbocycles. The van der Waals surface area contributed by atoms with Gasteiger partial charge in [0.15, 0.2) is 0 Å². The molecule has 3 aromatic rings. The van der Waals surface area contributed by atoms with Gasteiger partial charge in [0.2, 0.25) is 0 Å². The first-order valence-electron chi connectivity index (χ1n) is 6.92. The third kappa shape index (κ3) is 2.07. The van der Waals surface area contributed by atoms with E-state index in [9.17, 15) is 4.79 Å². The van der Waals surface area contributed by atoms with Gasteiger partial charge in [-0.1, -0.05) is 0 Å². The lowest BCUT2D eigenvalue weighted by molar-refractivity contribution is 0.415. The van der Waals surface area contributed by atoms with E-state index in [1.165, 1.54) is 5.57 Å². The van der Waals surface area contributed by atoms with E-state index < -0.39 is 0 Å². The fourth-order valence-electron chi connectivity index (χ4n) is 2.59. The van der Waals surface area contributed by atoms with Crippen molar-refractivity contribution in [2.45, 2.75) is 12.8 Å². The molecule has 3 N–H and O–H groups in total. The van der Waals surface area contributed by atoms with Crippen molar-refractivity contribution in [1.29, 1.82) is 0 Å². The van der Waals surface area contributed by atoms with E-state index in [-0.39, 0.29) is 5.56 Å². The summed E-state index contributed by atoms with van der Waals surface area (Å²) in [6.45, 7) is 0. The summed E-state index contributed by atoms with van der Waals surface area (Å²) in [6.07, 6.45) is 4.03. The van der Waals surface area contributed by atoms with E-state index in [0.717, 1.165) is 40.5 Å². The minimum atomic E-state index is -0.0827. The number of rotatable bonds is 2. The Kier molecular flexibility index (Phi) is 2.54. The molecule has 0 atom stereocenters. The summed E-state index contributed by atoms with van der Waals surface area (Å²) in [7, 11) is 1.65. The summed E-state index contributed by atoms with van der Waals surface area (Å²) in [6, 6.07) is 7.88. The van der Waals surface area contributed by atoms with Crippen LogP contribution >= 0.6 is 0 Å². The quantitative estimate of drug-likeness (QED) is 0.655. The predicted molar refractivity (Wildman–Crippen MR) is 81.7 cm³/mol. The van der Waals surface area contributed by atoms with Crippen LogP contribution in [0.2, 0.25) is 0 Å². The molecule has 1 aromatic carbocycles. The maximum atomic E-state index is 11.9. The van der Waals surface area contributed by atoms with Gasteiger partial charge in [-0.15, -0.1) is 0 Å². The standard InChI is InChI=1S/C16H15N3O2/c1-21-12-4-5-14-10(7-12)6-11(17-14)8-13-15(9-2-3-9)18-19-16(13)20/h4-8,17-18H,2-3H2,1H3,(H,19,20). The van der Waals surface area contributed by atoms with Gasteiger partial charge in [-0.05, 0) is 48.8 Å². The lowest BCUT2D eigenvalue weighted by Gasteiger charge is -1.97. The van der Waals surface area contributed by atoms with Gasteiger partial charge in [-0.25, -0.2) is 0 Å². The van der Waals surface area contributed by atoms with Crippen LogP contribution in [-0.2, 0) is 0 Å². The molecule has 0 saturated heterocycles. The Morgan fingerprint density at radius 3 is 2.81 bits per heavy atom. The van der Waals surface area contributed by atoms with Crippen LogP contribution in [0.1, 0.15) is 18.5 Å². The molecule has 5 heteroatoms. The van der Waals surface area contributed by atoms with Crippen molar-refractivity contribution in [2.75, 3.05) is 7.11 Å². The first-order chi connectivity index (χ1) is 10.2. The molecule has 0 bridgehead atoms. The third-order valence-electron chi connectivity index (χ3n) is 3.82. The zero-order valence-corrected chi connectivity index (χ0v) is 11.6. The van der Waals surface area contributed by atoms with Crippen LogP contribution in [0.4, 0.5) is 0 Å². The topological polar surface area (TPSA) is 73.7 Å². The smallest absolute Gasteiger partial charge is 0.271 e. The summed E-state index contributed by atoms with van der Waals surface area (Å²) in [5.74, 6) is 0.821. The van der Waals surface area contributed by atoms with Gasteiger partial charge in [-0.3, -0.25) is 15.0 Å². The molecule has 0 aliphatic heterocycles. The minimum absolute atomic E-state index is 0.0827. The average Bonchev–Trinajstić information content (AvgIpc) is 3.16. The Bertz CT molecular complexity index is 998. The Morgan fingerprint density at radius 2 is 2.05 bits per heavy atom. The highest BCUT2D eigenvalue weighted by atomic mass is 16.5. The fraction of sp³-hybridized carbons (Fsp3) is 0.188. The fourth-order valence-corrected chi connectivity index (χ4v) is 2.59. The van der Waals surface area contributed by atoms with E-state index in [2.05, 4.69) is 15.2 Å². The van der Waals surface area contributed by atoms with Crippen LogP contribution in [-0.4, -0.2) is 22.3 Å². The number of hydrogen-bond acceptors (Lipinski definition) is 2. The van der Waals surface area contributed by atoms with Crippen LogP contribution < -0.4 is 20.9 Å². The molecule has 1 aliphatic rings. The maximum absolute atomic E-state index is 11.9. The minimum Gasteiger partial charge on any atom is -0.497 e. The molecular formula is C16H15N3O2. The number of H-pyrrole nitrogens is 3. The Labute approximate surface area is 119 Å². The van der Waals surface area contributed by atoms with E-state index >= 15 is 0 Å². The second-order valence-electron chi connectivity index (χ2n) is 5.29. The SMILES string of the molecule is COc1ccc2[nH]c(C=c3c(=O)[nH][nH]c3=C3CC3)cc2c1. The van der Waals surface area contributed by atoms with Crippen LogP contribution in [0.3, 0.4) is 0 Å². The molecule has 0 spiro atoms. The van der Waals surface area contributed by atoms with Crippen molar-refractivity contribution in [2.24, 2.45) is 0 Å². The molecule has 1 aliphatic carbocycles. The molecule has 0 amide bonds. The summed E-state index contributed by atoms with van der Waals surface area (Å²) >= 11 is 0. The highest BCUT2D eigenvalue weighted by Gasteiger charge is 2.14. The number of aromatic amines is 3. The summed E-state index contributed by atoms with van der Waals surface area (Å²) in [5, 5.41) is 8.33. The van der Waals surface area contributed by atoms with Crippen LogP contribution in [0.25, 0.3) is 22.6 Å². The van der Waals surface area contributed by atoms with Gasteiger partial charge in [-0.2, -0.15) is 0 Å². The average molecular weight is 281 g/mol. The predicted octanol–water partition coefficient (Wildman–Crippen LogP) is 0.966. The highest BCUT2D eigenvalue weighted by Crippen LogP contribution is 2.26. The molecule has 2 heterocycles. The number of aromatic nitrogens is 3. The van der Waals surface area contributed by atoms with E-state index in [0.29, 0.717) is 5.22 Å². The second-order valence-corrected chi connectivity index (χ2v) is 5.29. The number of benzene rings is 1. The van der Waals surface area contributed by atoms with Crippen LogP contribution in [0.5, 0.6) is 5.75 Å². The molecule has 4 rings (SSSR count). The summed E-state index contributed by atoms with van der Waals surface area (Å²) in [4.78, 5) is 15.2. The van der Waals surface area contributed by atoms with Crippen molar-refractivity contribution in [3.8, 4) is 5.75 Å². The first-order valence-corrected chi connectivity index (χ1v) is 6.92. The normalized spacial score (nSPS) is 14.9. The number of hydrogen-bond donors (Lipinski definition) is 3. The number of nitrogens with one attached hydrogen (secondary N) is 3. The van der Waals surface area contributed by atoms with Gasteiger partial charge >= 0.3 is 0 Å². The number of fused-ring (bicyclic) bond motifs is 1. The molecule has 2 aromatic heterocycles. The van der Waals surface area contributed by atoms with Crippen LogP contribution in [0, 0.1) is 0 Å². The first kappa shape index (κ1) is 12.1. The largest absolute Gasteiger partial charge is 0.497 e. The van der Waals surface area contributed by atoms with Gasteiger partial charge in [0.1, 0.15) is 5.75 Å². The Balaban J connectivity index is 1.92. The second kappa shape index (κ2) is 4.41. The van der Waals surface area contributed by atoms with E-state index in [4.69, 9.17) is 4.74 Å². The molecule has 5 nitrogen and oxygen atoms in total. The van der Waals surface area contributed by atoms with Crippen molar-refractivity contribution in [3.05, 3.63) is 50.9 Å².